The first-order chi connectivity index (χ1) is 7.71. The van der Waals surface area contributed by atoms with E-state index in [1.807, 2.05) is 0 Å². The molecule has 17 heavy (non-hydrogen) atoms. The summed E-state index contributed by atoms with van der Waals surface area (Å²) < 4.78 is 26.2. The predicted octanol–water partition coefficient (Wildman–Crippen LogP) is 2.30. The molecule has 1 N–H and O–H groups in total. The molecule has 0 saturated carbocycles. The molecule has 0 bridgehead atoms. The van der Waals surface area contributed by atoms with E-state index < -0.39 is 31.0 Å². The lowest BCUT2D eigenvalue weighted by Gasteiger charge is -2.19. The molecule has 1 aliphatic rings. The van der Waals surface area contributed by atoms with Crippen LogP contribution in [0.1, 0.15) is 26.7 Å². The Morgan fingerprint density at radius 3 is 2.53 bits per heavy atom. The Labute approximate surface area is 97.9 Å². The van der Waals surface area contributed by atoms with Crippen molar-refractivity contribution in [1.29, 1.82) is 0 Å². The highest BCUT2D eigenvalue weighted by Crippen LogP contribution is 2.33. The van der Waals surface area contributed by atoms with Gasteiger partial charge in [0.05, 0.1) is 6.54 Å². The number of hydrogen-bond donors (Lipinski definition) is 1. The number of likely N-dealkylation sites (tertiary alicyclic amines) is 1. The number of amides is 1. The molecule has 1 fully saturated rings. The van der Waals surface area contributed by atoms with E-state index in [-0.39, 0.29) is 12.2 Å². The molecule has 0 aromatic carbocycles. The van der Waals surface area contributed by atoms with Gasteiger partial charge in [0.15, 0.2) is 5.78 Å². The Bertz CT molecular complexity index is 362. The third-order valence-corrected chi connectivity index (χ3v) is 2.51. The fourth-order valence-corrected chi connectivity index (χ4v) is 1.92. The van der Waals surface area contributed by atoms with Crippen LogP contribution in [0.3, 0.4) is 0 Å². The van der Waals surface area contributed by atoms with Crippen LogP contribution < -0.4 is 0 Å². The zero-order valence-corrected chi connectivity index (χ0v) is 9.74. The van der Waals surface area contributed by atoms with Gasteiger partial charge in [0.25, 0.3) is 5.92 Å². The largest absolute Gasteiger partial charge is 0.465 e. The predicted molar refractivity (Wildman–Crippen MR) is 57.1 cm³/mol. The van der Waals surface area contributed by atoms with E-state index >= 15 is 0 Å². The Balaban J connectivity index is 2.72. The Morgan fingerprint density at radius 2 is 2.06 bits per heavy atom. The minimum atomic E-state index is -3.03. The van der Waals surface area contributed by atoms with Crippen LogP contribution in [0.25, 0.3) is 0 Å². The Kier molecular flexibility index (Phi) is 3.85. The molecule has 0 aliphatic carbocycles. The van der Waals surface area contributed by atoms with E-state index in [4.69, 9.17) is 5.11 Å². The van der Waals surface area contributed by atoms with Gasteiger partial charge in [-0.15, -0.1) is 0 Å². The van der Waals surface area contributed by atoms with Gasteiger partial charge in [-0.2, -0.15) is 0 Å². The fourth-order valence-electron chi connectivity index (χ4n) is 1.92. The monoisotopic (exact) mass is 247 g/mol. The first-order valence-corrected chi connectivity index (χ1v) is 5.26. The highest BCUT2D eigenvalue weighted by Gasteiger charge is 2.47. The number of allylic oxidation sites excluding steroid dienone is 2. The van der Waals surface area contributed by atoms with Gasteiger partial charge in [0.2, 0.25) is 0 Å². The number of halogens is 2. The van der Waals surface area contributed by atoms with Crippen LogP contribution in [-0.4, -0.2) is 40.4 Å². The van der Waals surface area contributed by atoms with Gasteiger partial charge in [0, 0.05) is 18.9 Å². The van der Waals surface area contributed by atoms with Gasteiger partial charge in [-0.25, -0.2) is 13.6 Å². The maximum absolute atomic E-state index is 13.1. The number of carbonyl (C=O) groups is 2. The maximum Gasteiger partial charge on any atom is 0.407 e. The zero-order chi connectivity index (χ0) is 13.2. The lowest BCUT2D eigenvalue weighted by molar-refractivity contribution is -0.115. The van der Waals surface area contributed by atoms with Crippen LogP contribution in [0.5, 0.6) is 0 Å². The quantitative estimate of drug-likeness (QED) is 0.778. The SMILES string of the molecule is CC(C)=CC(=O)CC1CC(F)(F)CN1C(=O)O. The van der Waals surface area contributed by atoms with Crippen molar-refractivity contribution < 1.29 is 23.5 Å². The Hall–Kier alpha value is -1.46. The number of carboxylic acid groups (broad SMARTS) is 1. The molecule has 1 rings (SSSR count). The van der Waals surface area contributed by atoms with Crippen LogP contribution in [0.2, 0.25) is 0 Å². The lowest BCUT2D eigenvalue weighted by Crippen LogP contribution is -2.36. The molecular formula is C11H15F2NO3. The molecule has 1 amide bonds. The second kappa shape index (κ2) is 4.81. The minimum absolute atomic E-state index is 0.187. The summed E-state index contributed by atoms with van der Waals surface area (Å²) in [5.74, 6) is -3.35. The van der Waals surface area contributed by atoms with Crippen molar-refractivity contribution in [3.63, 3.8) is 0 Å². The zero-order valence-electron chi connectivity index (χ0n) is 9.74. The average Bonchev–Trinajstić information content (AvgIpc) is 2.39. The van der Waals surface area contributed by atoms with Crippen molar-refractivity contribution in [1.82, 2.24) is 4.90 Å². The molecule has 1 aliphatic heterocycles. The smallest absolute Gasteiger partial charge is 0.407 e. The average molecular weight is 247 g/mol. The van der Waals surface area contributed by atoms with Crippen molar-refractivity contribution in [3.8, 4) is 0 Å². The number of alkyl halides is 2. The van der Waals surface area contributed by atoms with E-state index in [0.29, 0.717) is 4.90 Å². The first-order valence-electron chi connectivity index (χ1n) is 5.26. The standard InChI is InChI=1S/C11H15F2NO3/c1-7(2)3-9(15)4-8-5-11(12,13)6-14(8)10(16)17/h3,8H,4-6H2,1-2H3,(H,16,17). The van der Waals surface area contributed by atoms with Crippen molar-refractivity contribution in [3.05, 3.63) is 11.6 Å². The molecule has 96 valence electrons. The molecule has 0 radical (unpaired) electrons. The van der Waals surface area contributed by atoms with Gasteiger partial charge < -0.3 is 5.11 Å². The third-order valence-electron chi connectivity index (χ3n) is 2.51. The summed E-state index contributed by atoms with van der Waals surface area (Å²) in [6, 6.07) is -0.925. The van der Waals surface area contributed by atoms with Gasteiger partial charge in [0.1, 0.15) is 0 Å². The number of nitrogens with zero attached hydrogens (tertiary/aromatic N) is 1. The van der Waals surface area contributed by atoms with E-state index in [9.17, 15) is 18.4 Å². The molecule has 1 unspecified atom stereocenters. The topological polar surface area (TPSA) is 57.6 Å². The summed E-state index contributed by atoms with van der Waals surface area (Å²) >= 11 is 0. The van der Waals surface area contributed by atoms with Gasteiger partial charge in [-0.3, -0.25) is 9.69 Å². The van der Waals surface area contributed by atoms with Crippen LogP contribution in [0.4, 0.5) is 13.6 Å². The molecule has 0 spiro atoms. The van der Waals surface area contributed by atoms with Crippen molar-refractivity contribution in [2.24, 2.45) is 0 Å². The van der Waals surface area contributed by atoms with Crippen LogP contribution in [0, 0.1) is 0 Å². The minimum Gasteiger partial charge on any atom is -0.465 e. The van der Waals surface area contributed by atoms with E-state index in [2.05, 4.69) is 0 Å². The molecule has 1 saturated heterocycles. The van der Waals surface area contributed by atoms with Gasteiger partial charge in [-0.1, -0.05) is 5.57 Å². The summed E-state index contributed by atoms with van der Waals surface area (Å²) in [4.78, 5) is 22.9. The summed E-state index contributed by atoms with van der Waals surface area (Å²) in [6.45, 7) is 2.61. The van der Waals surface area contributed by atoms with Crippen LogP contribution in [-0.2, 0) is 4.79 Å². The fraction of sp³-hybridized carbons (Fsp3) is 0.636. The molecule has 4 nitrogen and oxygen atoms in total. The number of hydrogen-bond acceptors (Lipinski definition) is 2. The number of carbonyl (C=O) groups excluding carboxylic acids is 1. The summed E-state index contributed by atoms with van der Waals surface area (Å²) in [5, 5.41) is 8.78. The lowest BCUT2D eigenvalue weighted by atomic mass is 10.1. The van der Waals surface area contributed by atoms with Crippen molar-refractivity contribution >= 4 is 11.9 Å². The van der Waals surface area contributed by atoms with Crippen LogP contribution >= 0.6 is 0 Å². The van der Waals surface area contributed by atoms with E-state index in [1.165, 1.54) is 6.08 Å². The summed E-state index contributed by atoms with van der Waals surface area (Å²) in [6.07, 6.45) is -0.831. The van der Waals surface area contributed by atoms with Crippen LogP contribution in [0.15, 0.2) is 11.6 Å². The molecule has 6 heteroatoms. The second-order valence-electron chi connectivity index (χ2n) is 4.52. The molecule has 0 aromatic rings. The third kappa shape index (κ3) is 3.80. The van der Waals surface area contributed by atoms with E-state index in [0.717, 1.165) is 5.57 Å². The van der Waals surface area contributed by atoms with E-state index in [1.54, 1.807) is 13.8 Å². The molecule has 1 atom stereocenters. The molecule has 1 heterocycles. The molecular weight excluding hydrogens is 232 g/mol. The summed E-state index contributed by atoms with van der Waals surface area (Å²) in [5.41, 5.74) is 0.765. The van der Waals surface area contributed by atoms with Crippen molar-refractivity contribution in [2.75, 3.05) is 6.54 Å². The highest BCUT2D eigenvalue weighted by molar-refractivity contribution is 5.91. The summed E-state index contributed by atoms with van der Waals surface area (Å²) in [7, 11) is 0. The first kappa shape index (κ1) is 13.6. The maximum atomic E-state index is 13.1. The number of rotatable bonds is 3. The normalized spacial score (nSPS) is 22.4. The van der Waals surface area contributed by atoms with Crippen molar-refractivity contribution in [2.45, 2.75) is 38.7 Å². The van der Waals surface area contributed by atoms with Gasteiger partial charge in [-0.05, 0) is 19.9 Å². The Morgan fingerprint density at radius 1 is 1.47 bits per heavy atom. The molecule has 0 aromatic heterocycles. The number of ketones is 1. The second-order valence-corrected chi connectivity index (χ2v) is 4.52. The van der Waals surface area contributed by atoms with Gasteiger partial charge >= 0.3 is 6.09 Å². The highest BCUT2D eigenvalue weighted by atomic mass is 19.3.